The molecule has 0 radical (unpaired) electrons. The summed E-state index contributed by atoms with van der Waals surface area (Å²) >= 11 is 6.28. The minimum Gasteiger partial charge on any atom is -0.493 e. The van der Waals surface area contributed by atoms with E-state index in [0.717, 1.165) is 12.1 Å². The first-order valence-electron chi connectivity index (χ1n) is 9.26. The number of methoxy groups -OCH3 is 1. The fourth-order valence-electron chi connectivity index (χ4n) is 3.60. The Balaban J connectivity index is 1.93. The number of nitrogen functional groups attached to an aromatic ring is 1. The lowest BCUT2D eigenvalue weighted by molar-refractivity contribution is 0.0940. The Bertz CT molecular complexity index is 1080. The maximum Gasteiger partial charge on any atom is 0.255 e. The molecular formula is C20H21ClN6O2. The molecule has 1 aliphatic heterocycles. The molecule has 5 N–H and O–H groups in total. The predicted molar refractivity (Wildman–Crippen MR) is 113 cm³/mol. The van der Waals surface area contributed by atoms with Crippen LogP contribution >= 0.6 is 11.6 Å². The molecule has 9 heteroatoms. The largest absolute Gasteiger partial charge is 0.493 e. The number of aromatic nitrogens is 3. The molecule has 1 amide bonds. The molecule has 0 saturated heterocycles. The summed E-state index contributed by atoms with van der Waals surface area (Å²) in [5.74, 6) is 0.647. The quantitative estimate of drug-likeness (QED) is 0.507. The van der Waals surface area contributed by atoms with Crippen LogP contribution in [0.2, 0.25) is 5.02 Å². The average molecular weight is 413 g/mol. The molecule has 0 bridgehead atoms. The number of ether oxygens (including phenoxy) is 1. The van der Waals surface area contributed by atoms with E-state index in [1.807, 2.05) is 12.1 Å². The lowest BCUT2D eigenvalue weighted by Gasteiger charge is -2.22. The minimum atomic E-state index is -0.155. The van der Waals surface area contributed by atoms with Crippen LogP contribution in [0.3, 0.4) is 0 Å². The molecule has 29 heavy (non-hydrogen) atoms. The summed E-state index contributed by atoms with van der Waals surface area (Å²) in [7, 11) is 1.55. The van der Waals surface area contributed by atoms with Gasteiger partial charge < -0.3 is 26.1 Å². The first kappa shape index (κ1) is 19.1. The Hall–Kier alpha value is -3.26. The van der Waals surface area contributed by atoms with Crippen molar-refractivity contribution in [2.24, 2.45) is 0 Å². The van der Waals surface area contributed by atoms with Crippen LogP contribution in [0.5, 0.6) is 5.75 Å². The Labute approximate surface area is 172 Å². The van der Waals surface area contributed by atoms with E-state index in [9.17, 15) is 4.79 Å². The van der Waals surface area contributed by atoms with Gasteiger partial charge in [-0.3, -0.25) is 4.79 Å². The second kappa shape index (κ2) is 7.63. The van der Waals surface area contributed by atoms with Crippen molar-refractivity contribution in [3.8, 4) is 17.1 Å². The standard InChI is InChI=1S/C20H21ClN6O2/c1-3-10-9-24-19(28)14-15(10)27-16(12-7-8-23-20(22)26-12)17(14)25-13-6-4-5-11(21)18(13)29-2/h4-8,10,25,27H,3,9H2,1-2H3,(H,24,28)(H2,22,23,26)/t10-/m1/s1. The number of para-hydroxylation sites is 1. The van der Waals surface area contributed by atoms with E-state index >= 15 is 0 Å². The van der Waals surface area contributed by atoms with Gasteiger partial charge in [0.2, 0.25) is 5.95 Å². The van der Waals surface area contributed by atoms with E-state index in [1.165, 1.54) is 0 Å². The van der Waals surface area contributed by atoms with Crippen LogP contribution in [0, 0.1) is 0 Å². The normalized spacial score (nSPS) is 15.6. The summed E-state index contributed by atoms with van der Waals surface area (Å²) in [5.41, 5.74) is 9.68. The molecule has 1 atom stereocenters. The maximum atomic E-state index is 12.8. The number of rotatable bonds is 5. The number of amides is 1. The highest BCUT2D eigenvalue weighted by atomic mass is 35.5. The molecule has 3 heterocycles. The number of carbonyl (C=O) groups excluding carboxylic acids is 1. The lowest BCUT2D eigenvalue weighted by atomic mass is 9.94. The molecule has 8 nitrogen and oxygen atoms in total. The lowest BCUT2D eigenvalue weighted by Crippen LogP contribution is -2.34. The third-order valence-electron chi connectivity index (χ3n) is 5.03. The summed E-state index contributed by atoms with van der Waals surface area (Å²) in [6, 6.07) is 7.13. The molecule has 3 aromatic rings. The van der Waals surface area contributed by atoms with Crippen LogP contribution in [-0.4, -0.2) is 34.5 Å². The van der Waals surface area contributed by atoms with Gasteiger partial charge in [-0.15, -0.1) is 0 Å². The Morgan fingerprint density at radius 2 is 2.21 bits per heavy atom. The van der Waals surface area contributed by atoms with Gasteiger partial charge in [0.15, 0.2) is 5.75 Å². The number of aromatic amines is 1. The highest BCUT2D eigenvalue weighted by molar-refractivity contribution is 6.32. The van der Waals surface area contributed by atoms with Gasteiger partial charge >= 0.3 is 0 Å². The van der Waals surface area contributed by atoms with Crippen molar-refractivity contribution in [3.05, 3.63) is 46.7 Å². The molecule has 0 fully saturated rings. The predicted octanol–water partition coefficient (Wildman–Crippen LogP) is 3.70. The number of hydrogen-bond acceptors (Lipinski definition) is 6. The molecule has 0 spiro atoms. The smallest absolute Gasteiger partial charge is 0.255 e. The van der Waals surface area contributed by atoms with Gasteiger partial charge in [0.25, 0.3) is 5.91 Å². The van der Waals surface area contributed by atoms with Gasteiger partial charge in [0.05, 0.1) is 40.5 Å². The van der Waals surface area contributed by atoms with Crippen molar-refractivity contribution in [2.45, 2.75) is 19.3 Å². The van der Waals surface area contributed by atoms with Crippen molar-refractivity contribution in [1.82, 2.24) is 20.3 Å². The van der Waals surface area contributed by atoms with Crippen molar-refractivity contribution < 1.29 is 9.53 Å². The van der Waals surface area contributed by atoms with Crippen molar-refractivity contribution in [3.63, 3.8) is 0 Å². The van der Waals surface area contributed by atoms with Crippen molar-refractivity contribution in [1.29, 1.82) is 0 Å². The van der Waals surface area contributed by atoms with E-state index < -0.39 is 0 Å². The fourth-order valence-corrected chi connectivity index (χ4v) is 3.85. The van der Waals surface area contributed by atoms with Crippen LogP contribution in [0.25, 0.3) is 11.4 Å². The Kier molecular flexibility index (Phi) is 5.02. The number of halogens is 1. The number of carbonyl (C=O) groups is 1. The van der Waals surface area contributed by atoms with Crippen LogP contribution in [0.15, 0.2) is 30.5 Å². The van der Waals surface area contributed by atoms with Crippen molar-refractivity contribution in [2.75, 3.05) is 24.7 Å². The first-order chi connectivity index (χ1) is 14.0. The van der Waals surface area contributed by atoms with E-state index in [4.69, 9.17) is 22.1 Å². The zero-order chi connectivity index (χ0) is 20.5. The molecule has 1 aliphatic rings. The number of benzene rings is 1. The highest BCUT2D eigenvalue weighted by Gasteiger charge is 2.32. The molecular weight excluding hydrogens is 392 g/mol. The third-order valence-corrected chi connectivity index (χ3v) is 5.32. The van der Waals surface area contributed by atoms with Gasteiger partial charge in [0.1, 0.15) is 0 Å². The maximum absolute atomic E-state index is 12.8. The van der Waals surface area contributed by atoms with E-state index in [1.54, 1.807) is 25.4 Å². The van der Waals surface area contributed by atoms with E-state index in [-0.39, 0.29) is 17.8 Å². The Morgan fingerprint density at radius 3 is 2.93 bits per heavy atom. The summed E-state index contributed by atoms with van der Waals surface area (Å²) in [6.07, 6.45) is 2.46. The molecule has 150 valence electrons. The van der Waals surface area contributed by atoms with Gasteiger partial charge in [-0.2, -0.15) is 0 Å². The van der Waals surface area contributed by atoms with Crippen LogP contribution < -0.4 is 21.1 Å². The number of H-pyrrole nitrogens is 1. The number of anilines is 3. The Morgan fingerprint density at radius 1 is 1.38 bits per heavy atom. The molecule has 4 rings (SSSR count). The number of nitrogens with one attached hydrogen (secondary N) is 3. The SMILES string of the molecule is CC[C@@H]1CNC(=O)c2c1[nH]c(-c1ccnc(N)n1)c2Nc1cccc(Cl)c1OC. The monoisotopic (exact) mass is 412 g/mol. The minimum absolute atomic E-state index is 0.151. The number of hydrogen-bond donors (Lipinski definition) is 4. The van der Waals surface area contributed by atoms with E-state index in [0.29, 0.717) is 45.6 Å². The van der Waals surface area contributed by atoms with Crippen LogP contribution in [-0.2, 0) is 0 Å². The first-order valence-corrected chi connectivity index (χ1v) is 9.63. The fraction of sp³-hybridized carbons (Fsp3) is 0.250. The van der Waals surface area contributed by atoms with Crippen LogP contribution in [0.4, 0.5) is 17.3 Å². The zero-order valence-electron chi connectivity index (χ0n) is 16.0. The summed E-state index contributed by atoms with van der Waals surface area (Å²) in [4.78, 5) is 24.5. The highest BCUT2D eigenvalue weighted by Crippen LogP contribution is 2.42. The molecule has 2 aromatic heterocycles. The number of nitrogens with two attached hydrogens (primary N) is 1. The van der Waals surface area contributed by atoms with Gasteiger partial charge in [-0.25, -0.2) is 9.97 Å². The third kappa shape index (κ3) is 3.36. The van der Waals surface area contributed by atoms with Gasteiger partial charge in [0, 0.05) is 24.4 Å². The molecule has 1 aromatic carbocycles. The number of fused-ring (bicyclic) bond motifs is 1. The zero-order valence-corrected chi connectivity index (χ0v) is 16.8. The number of nitrogens with zero attached hydrogens (tertiary/aromatic N) is 2. The summed E-state index contributed by atoms with van der Waals surface area (Å²) in [5, 5.41) is 6.76. The molecule has 0 saturated carbocycles. The van der Waals surface area contributed by atoms with Crippen molar-refractivity contribution >= 4 is 34.8 Å². The van der Waals surface area contributed by atoms with Gasteiger partial charge in [-0.1, -0.05) is 24.6 Å². The molecule has 0 unspecified atom stereocenters. The molecule has 0 aliphatic carbocycles. The second-order valence-corrected chi connectivity index (χ2v) is 7.13. The summed E-state index contributed by atoms with van der Waals surface area (Å²) in [6.45, 7) is 2.66. The average Bonchev–Trinajstić information content (AvgIpc) is 3.09. The topological polar surface area (TPSA) is 118 Å². The second-order valence-electron chi connectivity index (χ2n) is 6.72. The van der Waals surface area contributed by atoms with E-state index in [2.05, 4.69) is 32.5 Å². The van der Waals surface area contributed by atoms with Crippen LogP contribution in [0.1, 0.15) is 35.3 Å². The van der Waals surface area contributed by atoms with Gasteiger partial charge in [-0.05, 0) is 24.6 Å². The summed E-state index contributed by atoms with van der Waals surface area (Å²) < 4.78 is 5.45.